The molecule has 0 spiro atoms. The Morgan fingerprint density at radius 1 is 1.35 bits per heavy atom. The van der Waals surface area contributed by atoms with Gasteiger partial charge in [-0.15, -0.1) is 0 Å². The standard InChI is InChI=1S/C15H24FN/c1-6-17-12(3)10-15(4,5)14-8-7-13(16)9-11(14)2/h7-9,12,17H,6,10H2,1-5H3. The van der Waals surface area contributed by atoms with Gasteiger partial charge in [-0.3, -0.25) is 0 Å². The first-order valence-corrected chi connectivity index (χ1v) is 6.37. The second kappa shape index (κ2) is 5.63. The second-order valence-corrected chi connectivity index (χ2v) is 5.51. The SMILES string of the molecule is CCNC(C)CC(C)(C)c1ccc(F)cc1C. The summed E-state index contributed by atoms with van der Waals surface area (Å²) in [6.07, 6.45) is 1.05. The zero-order valence-electron chi connectivity index (χ0n) is 11.6. The highest BCUT2D eigenvalue weighted by Gasteiger charge is 2.24. The van der Waals surface area contributed by atoms with Crippen molar-refractivity contribution in [3.8, 4) is 0 Å². The van der Waals surface area contributed by atoms with Crippen LogP contribution in [0.15, 0.2) is 18.2 Å². The number of benzene rings is 1. The van der Waals surface area contributed by atoms with E-state index in [1.165, 1.54) is 5.56 Å². The fourth-order valence-corrected chi connectivity index (χ4v) is 2.68. The van der Waals surface area contributed by atoms with Gasteiger partial charge in [-0.05, 0) is 55.5 Å². The Morgan fingerprint density at radius 2 is 2.00 bits per heavy atom. The highest BCUT2D eigenvalue weighted by Crippen LogP contribution is 2.31. The molecule has 0 aliphatic heterocycles. The fraction of sp³-hybridized carbons (Fsp3) is 0.600. The van der Waals surface area contributed by atoms with Crippen molar-refractivity contribution in [3.63, 3.8) is 0 Å². The summed E-state index contributed by atoms with van der Waals surface area (Å²) < 4.78 is 13.1. The van der Waals surface area contributed by atoms with Crippen LogP contribution in [0.1, 0.15) is 45.2 Å². The quantitative estimate of drug-likeness (QED) is 0.821. The maximum absolute atomic E-state index is 13.1. The van der Waals surface area contributed by atoms with Crippen LogP contribution in [0.2, 0.25) is 0 Å². The largest absolute Gasteiger partial charge is 0.315 e. The molecule has 0 radical (unpaired) electrons. The van der Waals surface area contributed by atoms with Gasteiger partial charge in [0.05, 0.1) is 0 Å². The van der Waals surface area contributed by atoms with Crippen molar-refractivity contribution >= 4 is 0 Å². The molecule has 0 aliphatic rings. The van der Waals surface area contributed by atoms with Crippen LogP contribution in [0.3, 0.4) is 0 Å². The Hall–Kier alpha value is -0.890. The first kappa shape index (κ1) is 14.2. The number of rotatable bonds is 5. The average molecular weight is 237 g/mol. The van der Waals surface area contributed by atoms with Crippen molar-refractivity contribution in [3.05, 3.63) is 35.1 Å². The summed E-state index contributed by atoms with van der Waals surface area (Å²) in [6, 6.07) is 5.57. The molecule has 0 aromatic heterocycles. The van der Waals surface area contributed by atoms with E-state index in [0.29, 0.717) is 6.04 Å². The summed E-state index contributed by atoms with van der Waals surface area (Å²) in [5.41, 5.74) is 2.35. The molecule has 17 heavy (non-hydrogen) atoms. The minimum atomic E-state index is -0.151. The molecule has 0 bridgehead atoms. The molecule has 2 heteroatoms. The molecular weight excluding hydrogens is 213 g/mol. The molecule has 0 saturated carbocycles. The molecular formula is C15H24FN. The molecule has 0 aliphatic carbocycles. The van der Waals surface area contributed by atoms with E-state index in [0.717, 1.165) is 18.5 Å². The third-order valence-corrected chi connectivity index (χ3v) is 3.29. The monoisotopic (exact) mass is 237 g/mol. The number of hydrogen-bond donors (Lipinski definition) is 1. The first-order chi connectivity index (χ1) is 7.86. The summed E-state index contributed by atoms with van der Waals surface area (Å²) in [5, 5.41) is 3.43. The molecule has 0 fully saturated rings. The van der Waals surface area contributed by atoms with Crippen molar-refractivity contribution < 1.29 is 4.39 Å². The third kappa shape index (κ3) is 3.81. The molecule has 1 rings (SSSR count). The Bertz CT molecular complexity index is 371. The summed E-state index contributed by atoms with van der Waals surface area (Å²) in [5.74, 6) is -0.151. The lowest BCUT2D eigenvalue weighted by atomic mass is 9.77. The van der Waals surface area contributed by atoms with Crippen LogP contribution >= 0.6 is 0 Å². The lowest BCUT2D eigenvalue weighted by Crippen LogP contribution is -2.33. The van der Waals surface area contributed by atoms with Gasteiger partial charge in [-0.1, -0.05) is 26.8 Å². The van der Waals surface area contributed by atoms with Gasteiger partial charge in [0.25, 0.3) is 0 Å². The summed E-state index contributed by atoms with van der Waals surface area (Å²) in [4.78, 5) is 0. The van der Waals surface area contributed by atoms with Crippen molar-refractivity contribution in [2.45, 2.75) is 52.5 Å². The van der Waals surface area contributed by atoms with Crippen LogP contribution in [0.25, 0.3) is 0 Å². The first-order valence-electron chi connectivity index (χ1n) is 6.37. The Kier molecular flexibility index (Phi) is 4.70. The molecule has 0 amide bonds. The lowest BCUT2D eigenvalue weighted by molar-refractivity contribution is 0.392. The zero-order valence-corrected chi connectivity index (χ0v) is 11.6. The van der Waals surface area contributed by atoms with E-state index in [2.05, 4.69) is 33.0 Å². The van der Waals surface area contributed by atoms with Crippen LogP contribution in [0, 0.1) is 12.7 Å². The predicted molar refractivity (Wildman–Crippen MR) is 71.9 cm³/mol. The predicted octanol–water partition coefficient (Wildman–Crippen LogP) is 3.80. The Balaban J connectivity index is 2.88. The van der Waals surface area contributed by atoms with E-state index in [1.807, 2.05) is 13.0 Å². The smallest absolute Gasteiger partial charge is 0.123 e. The lowest BCUT2D eigenvalue weighted by Gasteiger charge is -2.30. The van der Waals surface area contributed by atoms with E-state index in [-0.39, 0.29) is 11.2 Å². The van der Waals surface area contributed by atoms with E-state index < -0.39 is 0 Å². The van der Waals surface area contributed by atoms with Crippen molar-refractivity contribution in [1.29, 1.82) is 0 Å². The second-order valence-electron chi connectivity index (χ2n) is 5.51. The van der Waals surface area contributed by atoms with Crippen molar-refractivity contribution in [1.82, 2.24) is 5.32 Å². The normalized spacial score (nSPS) is 13.8. The number of hydrogen-bond acceptors (Lipinski definition) is 1. The van der Waals surface area contributed by atoms with E-state index in [1.54, 1.807) is 12.1 Å². The van der Waals surface area contributed by atoms with Crippen LogP contribution in [-0.4, -0.2) is 12.6 Å². The van der Waals surface area contributed by atoms with Crippen molar-refractivity contribution in [2.24, 2.45) is 0 Å². The molecule has 96 valence electrons. The van der Waals surface area contributed by atoms with Crippen LogP contribution in [0.4, 0.5) is 4.39 Å². The van der Waals surface area contributed by atoms with E-state index >= 15 is 0 Å². The highest BCUT2D eigenvalue weighted by molar-refractivity contribution is 5.33. The minimum absolute atomic E-state index is 0.0688. The Labute approximate surface area is 104 Å². The maximum Gasteiger partial charge on any atom is 0.123 e. The Morgan fingerprint density at radius 3 is 2.53 bits per heavy atom. The van der Waals surface area contributed by atoms with Crippen molar-refractivity contribution in [2.75, 3.05) is 6.54 Å². The molecule has 0 heterocycles. The number of nitrogens with one attached hydrogen (secondary N) is 1. The van der Waals surface area contributed by atoms with Crippen LogP contribution < -0.4 is 5.32 Å². The molecule has 1 aromatic rings. The van der Waals surface area contributed by atoms with Gasteiger partial charge in [-0.25, -0.2) is 4.39 Å². The van der Waals surface area contributed by atoms with E-state index in [9.17, 15) is 4.39 Å². The molecule has 1 nitrogen and oxygen atoms in total. The molecule has 1 aromatic carbocycles. The molecule has 1 N–H and O–H groups in total. The molecule has 1 unspecified atom stereocenters. The van der Waals surface area contributed by atoms with Gasteiger partial charge >= 0.3 is 0 Å². The number of halogens is 1. The highest BCUT2D eigenvalue weighted by atomic mass is 19.1. The minimum Gasteiger partial charge on any atom is -0.315 e. The fourth-order valence-electron chi connectivity index (χ4n) is 2.68. The maximum atomic E-state index is 13.1. The average Bonchev–Trinajstić information content (AvgIpc) is 2.15. The van der Waals surface area contributed by atoms with Gasteiger partial charge in [0.15, 0.2) is 0 Å². The third-order valence-electron chi connectivity index (χ3n) is 3.29. The number of aryl methyl sites for hydroxylation is 1. The van der Waals surface area contributed by atoms with Gasteiger partial charge in [0, 0.05) is 6.04 Å². The zero-order chi connectivity index (χ0) is 13.1. The van der Waals surface area contributed by atoms with Gasteiger partial charge < -0.3 is 5.32 Å². The summed E-state index contributed by atoms with van der Waals surface area (Å²) in [6.45, 7) is 11.7. The van der Waals surface area contributed by atoms with Crippen LogP contribution in [0.5, 0.6) is 0 Å². The van der Waals surface area contributed by atoms with Gasteiger partial charge in [0.2, 0.25) is 0 Å². The van der Waals surface area contributed by atoms with E-state index in [4.69, 9.17) is 0 Å². The molecule has 0 saturated heterocycles. The van der Waals surface area contributed by atoms with Gasteiger partial charge in [-0.2, -0.15) is 0 Å². The topological polar surface area (TPSA) is 12.0 Å². The summed E-state index contributed by atoms with van der Waals surface area (Å²) >= 11 is 0. The van der Waals surface area contributed by atoms with Crippen LogP contribution in [-0.2, 0) is 5.41 Å². The van der Waals surface area contributed by atoms with Gasteiger partial charge in [0.1, 0.15) is 5.82 Å². The summed E-state index contributed by atoms with van der Waals surface area (Å²) in [7, 11) is 0. The molecule has 1 atom stereocenters.